The van der Waals surface area contributed by atoms with Crippen molar-refractivity contribution in [3.63, 3.8) is 0 Å². The van der Waals surface area contributed by atoms with Crippen molar-refractivity contribution in [2.45, 2.75) is 25.4 Å². The molecule has 0 bridgehead atoms. The molecular weight excluding hydrogens is 408 g/mol. The second-order valence-electron chi connectivity index (χ2n) is 8.54. The average Bonchev–Trinajstić information content (AvgIpc) is 3.16. The number of hydrogen-bond donors (Lipinski definition) is 2. The van der Waals surface area contributed by atoms with Crippen LogP contribution in [0.4, 0.5) is 5.82 Å². The molecule has 31 heavy (non-hydrogen) atoms. The Kier molecular flexibility index (Phi) is 6.13. The van der Waals surface area contributed by atoms with Gasteiger partial charge in [0.1, 0.15) is 17.8 Å². The molecule has 164 valence electrons. The van der Waals surface area contributed by atoms with Crippen LogP contribution < -0.4 is 10.5 Å². The first-order valence-corrected chi connectivity index (χ1v) is 12.2. The van der Waals surface area contributed by atoms with Crippen molar-refractivity contribution in [2.24, 2.45) is 5.92 Å². The summed E-state index contributed by atoms with van der Waals surface area (Å²) in [5.41, 5.74) is 10.8. The molecule has 8 heteroatoms. The van der Waals surface area contributed by atoms with Crippen LogP contribution in [0.3, 0.4) is 0 Å². The van der Waals surface area contributed by atoms with Gasteiger partial charge in [-0.1, -0.05) is 30.1 Å². The lowest BCUT2D eigenvalue weighted by molar-refractivity contribution is 0.0182. The number of hydrogen-bond acceptors (Lipinski definition) is 7. The van der Waals surface area contributed by atoms with Crippen LogP contribution in [0.2, 0.25) is 0 Å². The van der Waals surface area contributed by atoms with E-state index in [2.05, 4.69) is 54.6 Å². The van der Waals surface area contributed by atoms with Crippen LogP contribution in [0.5, 0.6) is 0 Å². The van der Waals surface area contributed by atoms with E-state index >= 15 is 0 Å². The van der Waals surface area contributed by atoms with Crippen LogP contribution in [0.1, 0.15) is 24.4 Å². The van der Waals surface area contributed by atoms with E-state index in [9.17, 15) is 0 Å². The highest BCUT2D eigenvalue weighted by atomic mass is 32.2. The molecular formula is C23H30N6OS. The summed E-state index contributed by atoms with van der Waals surface area (Å²) in [6.07, 6.45) is 8.23. The van der Waals surface area contributed by atoms with Crippen LogP contribution >= 0.6 is 11.9 Å². The summed E-state index contributed by atoms with van der Waals surface area (Å²) < 4.78 is 11.1. The molecule has 1 saturated carbocycles. The quantitative estimate of drug-likeness (QED) is 0.548. The maximum Gasteiger partial charge on any atom is 0.146 e. The molecule has 5 rings (SSSR count). The Bertz CT molecular complexity index is 1040. The number of fused-ring (bicyclic) bond motifs is 1. The number of ether oxygens (including phenoxy) is 1. The van der Waals surface area contributed by atoms with Gasteiger partial charge in [0, 0.05) is 44.0 Å². The van der Waals surface area contributed by atoms with Crippen molar-refractivity contribution in [2.75, 3.05) is 44.8 Å². The van der Waals surface area contributed by atoms with Crippen LogP contribution in [0.25, 0.3) is 22.2 Å². The number of benzene rings is 1. The van der Waals surface area contributed by atoms with Gasteiger partial charge in [-0.2, -0.15) is 0 Å². The second kappa shape index (κ2) is 9.16. The minimum absolute atomic E-state index is 0.470. The fourth-order valence-corrected chi connectivity index (χ4v) is 5.15. The molecule has 0 spiro atoms. The van der Waals surface area contributed by atoms with E-state index < -0.39 is 0 Å². The zero-order valence-corrected chi connectivity index (χ0v) is 18.8. The lowest BCUT2D eigenvalue weighted by atomic mass is 9.79. The molecule has 2 aliphatic rings. The summed E-state index contributed by atoms with van der Waals surface area (Å²) in [5, 5.41) is 0.967. The van der Waals surface area contributed by atoms with Gasteiger partial charge in [-0.25, -0.2) is 9.97 Å². The van der Waals surface area contributed by atoms with Gasteiger partial charge < -0.3 is 15.0 Å². The van der Waals surface area contributed by atoms with Gasteiger partial charge >= 0.3 is 0 Å². The Morgan fingerprint density at radius 3 is 2.87 bits per heavy atom. The van der Waals surface area contributed by atoms with Gasteiger partial charge in [-0.3, -0.25) is 9.62 Å². The fourth-order valence-electron chi connectivity index (χ4n) is 4.84. The number of rotatable bonds is 7. The zero-order chi connectivity index (χ0) is 21.2. The molecule has 1 aromatic carbocycles. The van der Waals surface area contributed by atoms with Crippen molar-refractivity contribution in [3.8, 4) is 11.1 Å². The Balaban J connectivity index is 1.40. The van der Waals surface area contributed by atoms with Crippen molar-refractivity contribution >= 4 is 28.8 Å². The zero-order valence-electron chi connectivity index (χ0n) is 18.0. The Morgan fingerprint density at radius 2 is 2.06 bits per heavy atom. The molecule has 0 unspecified atom stereocenters. The fraction of sp³-hybridized carbons (Fsp3) is 0.478. The van der Waals surface area contributed by atoms with Crippen LogP contribution in [0.15, 0.2) is 36.8 Å². The number of nitrogens with zero attached hydrogens (tertiary/aromatic N) is 4. The summed E-state index contributed by atoms with van der Waals surface area (Å²) >= 11 is 1.63. The van der Waals surface area contributed by atoms with E-state index in [0.717, 1.165) is 60.9 Å². The summed E-state index contributed by atoms with van der Waals surface area (Å²) in [7, 11) is 0. The number of anilines is 1. The molecule has 1 aliphatic carbocycles. The number of nitrogens with one attached hydrogen (secondary N) is 1. The lowest BCUT2D eigenvalue weighted by Gasteiger charge is -2.40. The second-order valence-corrected chi connectivity index (χ2v) is 9.23. The third-order valence-electron chi connectivity index (χ3n) is 6.52. The summed E-state index contributed by atoms with van der Waals surface area (Å²) in [6, 6.07) is 9.11. The highest BCUT2D eigenvalue weighted by Gasteiger charge is 2.33. The van der Waals surface area contributed by atoms with Gasteiger partial charge in [0.05, 0.1) is 18.6 Å². The van der Waals surface area contributed by atoms with Crippen molar-refractivity contribution in [1.29, 1.82) is 0 Å². The minimum atomic E-state index is 0.470. The molecule has 0 radical (unpaired) electrons. The molecule has 1 saturated heterocycles. The van der Waals surface area contributed by atoms with E-state index in [1.165, 1.54) is 24.9 Å². The number of nitrogen functional groups attached to an aromatic ring is 1. The largest absolute Gasteiger partial charge is 0.383 e. The first-order chi connectivity index (χ1) is 15.2. The average molecular weight is 439 g/mol. The van der Waals surface area contributed by atoms with Gasteiger partial charge in [0.2, 0.25) is 0 Å². The van der Waals surface area contributed by atoms with E-state index in [1.54, 1.807) is 18.3 Å². The van der Waals surface area contributed by atoms with Gasteiger partial charge in [0.25, 0.3) is 0 Å². The minimum Gasteiger partial charge on any atom is -0.383 e. The molecule has 2 fully saturated rings. The Labute approximate surface area is 187 Å². The van der Waals surface area contributed by atoms with Crippen molar-refractivity contribution in [3.05, 3.63) is 42.4 Å². The van der Waals surface area contributed by atoms with Gasteiger partial charge in [0.15, 0.2) is 0 Å². The van der Waals surface area contributed by atoms with E-state index in [0.29, 0.717) is 11.9 Å². The number of nitrogens with two attached hydrogens (primary N) is 1. The van der Waals surface area contributed by atoms with Crippen LogP contribution in [-0.2, 0) is 11.3 Å². The summed E-state index contributed by atoms with van der Waals surface area (Å²) in [5.74, 6) is 1.29. The SMILES string of the molecule is CSNCc1cccc(-c2cn([C@H]3C[C@@H](CN4CCOCC4)C3)c3ncnc(N)c23)c1. The predicted octanol–water partition coefficient (Wildman–Crippen LogP) is 3.33. The number of morpholine rings is 1. The van der Waals surface area contributed by atoms with E-state index in [4.69, 9.17) is 10.5 Å². The molecule has 7 nitrogen and oxygen atoms in total. The highest BCUT2D eigenvalue weighted by molar-refractivity contribution is 7.96. The van der Waals surface area contributed by atoms with Crippen LogP contribution in [-0.4, -0.2) is 58.5 Å². The molecule has 3 heterocycles. The van der Waals surface area contributed by atoms with Crippen LogP contribution in [0, 0.1) is 5.92 Å². The first kappa shape index (κ1) is 20.8. The molecule has 3 N–H and O–H groups in total. The standard InChI is InChI=1S/C23H30N6OS/c1-31-27-12-16-3-2-4-18(9-16)20-14-29(23-21(20)22(24)25-15-26-23)19-10-17(11-19)13-28-5-7-30-8-6-28/h2-4,9,14-15,17,19,27H,5-8,10-13H2,1H3,(H2,24,25,26)/t17-,19+. The van der Waals surface area contributed by atoms with E-state index in [1.807, 2.05) is 6.26 Å². The molecule has 3 aromatic rings. The third kappa shape index (κ3) is 4.30. The summed E-state index contributed by atoms with van der Waals surface area (Å²) in [6.45, 7) is 5.85. The number of aromatic nitrogens is 3. The molecule has 0 amide bonds. The predicted molar refractivity (Wildman–Crippen MR) is 127 cm³/mol. The maximum atomic E-state index is 6.34. The lowest BCUT2D eigenvalue weighted by Crippen LogP contribution is -2.42. The molecule has 1 aliphatic heterocycles. The van der Waals surface area contributed by atoms with Crippen molar-refractivity contribution < 1.29 is 4.74 Å². The monoisotopic (exact) mass is 438 g/mol. The van der Waals surface area contributed by atoms with Gasteiger partial charge in [-0.15, -0.1) is 0 Å². The van der Waals surface area contributed by atoms with E-state index in [-0.39, 0.29) is 0 Å². The Hall–Kier alpha value is -2.13. The Morgan fingerprint density at radius 1 is 1.23 bits per heavy atom. The molecule has 0 atom stereocenters. The highest BCUT2D eigenvalue weighted by Crippen LogP contribution is 2.43. The first-order valence-electron chi connectivity index (χ1n) is 11.0. The summed E-state index contributed by atoms with van der Waals surface area (Å²) in [4.78, 5) is 11.5. The van der Waals surface area contributed by atoms with Gasteiger partial charge in [-0.05, 0) is 42.2 Å². The smallest absolute Gasteiger partial charge is 0.146 e. The maximum absolute atomic E-state index is 6.34. The third-order valence-corrected chi connectivity index (χ3v) is 6.95. The topological polar surface area (TPSA) is 81.2 Å². The normalized spacial score (nSPS) is 22.0. The van der Waals surface area contributed by atoms with Crippen molar-refractivity contribution in [1.82, 2.24) is 24.2 Å². The molecule has 2 aromatic heterocycles.